The lowest BCUT2D eigenvalue weighted by Crippen LogP contribution is -2.26. The standard InChI is InChI=1S/C13H20N2O3/c1-3-8-17-11-4-6-12(7-5-11)18-9-10(2)13(14)15-16/h4-7,10,16H,3,8-9H2,1-2H3,(H2,14,15). The van der Waals surface area contributed by atoms with E-state index in [0.717, 1.165) is 17.9 Å². The summed E-state index contributed by atoms with van der Waals surface area (Å²) in [5.41, 5.74) is 5.46. The van der Waals surface area contributed by atoms with Crippen LogP contribution in [0.1, 0.15) is 20.3 Å². The summed E-state index contributed by atoms with van der Waals surface area (Å²) >= 11 is 0. The lowest BCUT2D eigenvalue weighted by Gasteiger charge is -2.12. The van der Waals surface area contributed by atoms with Gasteiger partial charge in [-0.1, -0.05) is 19.0 Å². The molecule has 0 amide bonds. The Hall–Kier alpha value is -1.91. The first kappa shape index (κ1) is 14.2. The van der Waals surface area contributed by atoms with Crippen LogP contribution in [0.25, 0.3) is 0 Å². The van der Waals surface area contributed by atoms with Gasteiger partial charge in [0.1, 0.15) is 17.3 Å². The van der Waals surface area contributed by atoms with Crippen LogP contribution >= 0.6 is 0 Å². The van der Waals surface area contributed by atoms with E-state index in [9.17, 15) is 0 Å². The molecule has 0 aliphatic carbocycles. The molecule has 1 aromatic carbocycles. The molecular weight excluding hydrogens is 232 g/mol. The average Bonchev–Trinajstić information content (AvgIpc) is 2.42. The van der Waals surface area contributed by atoms with Gasteiger partial charge in [-0.15, -0.1) is 0 Å². The van der Waals surface area contributed by atoms with Crippen LogP contribution in [0.5, 0.6) is 11.5 Å². The molecule has 5 nitrogen and oxygen atoms in total. The maximum atomic E-state index is 8.51. The molecular formula is C13H20N2O3. The van der Waals surface area contributed by atoms with Crippen LogP contribution in [-0.4, -0.2) is 24.3 Å². The van der Waals surface area contributed by atoms with E-state index in [0.29, 0.717) is 13.2 Å². The number of nitrogens with two attached hydrogens (primary N) is 1. The number of ether oxygens (including phenoxy) is 2. The molecule has 0 aromatic heterocycles. The monoisotopic (exact) mass is 252 g/mol. The van der Waals surface area contributed by atoms with Crippen LogP contribution in [0, 0.1) is 5.92 Å². The molecule has 5 heteroatoms. The summed E-state index contributed by atoms with van der Waals surface area (Å²) in [5, 5.41) is 11.5. The normalized spacial score (nSPS) is 13.1. The van der Waals surface area contributed by atoms with Gasteiger partial charge in [0.2, 0.25) is 0 Å². The van der Waals surface area contributed by atoms with Crippen molar-refractivity contribution >= 4 is 5.84 Å². The Morgan fingerprint density at radius 3 is 2.33 bits per heavy atom. The smallest absolute Gasteiger partial charge is 0.145 e. The van der Waals surface area contributed by atoms with Crippen molar-refractivity contribution in [2.24, 2.45) is 16.8 Å². The number of benzene rings is 1. The minimum absolute atomic E-state index is 0.133. The summed E-state index contributed by atoms with van der Waals surface area (Å²) in [7, 11) is 0. The predicted octanol–water partition coefficient (Wildman–Crippen LogP) is 2.24. The zero-order valence-corrected chi connectivity index (χ0v) is 10.8. The Labute approximate surface area is 107 Å². The van der Waals surface area contributed by atoms with Crippen LogP contribution in [0.15, 0.2) is 29.4 Å². The van der Waals surface area contributed by atoms with E-state index in [2.05, 4.69) is 12.1 Å². The molecule has 100 valence electrons. The van der Waals surface area contributed by atoms with Crippen molar-refractivity contribution in [2.75, 3.05) is 13.2 Å². The number of oxime groups is 1. The fourth-order valence-corrected chi connectivity index (χ4v) is 1.26. The topological polar surface area (TPSA) is 77.1 Å². The molecule has 0 heterocycles. The van der Waals surface area contributed by atoms with Crippen molar-refractivity contribution in [1.82, 2.24) is 0 Å². The van der Waals surface area contributed by atoms with E-state index in [1.54, 1.807) is 0 Å². The second-order valence-corrected chi connectivity index (χ2v) is 4.06. The van der Waals surface area contributed by atoms with E-state index in [1.807, 2.05) is 31.2 Å². The van der Waals surface area contributed by atoms with Crippen molar-refractivity contribution in [1.29, 1.82) is 0 Å². The van der Waals surface area contributed by atoms with Crippen LogP contribution < -0.4 is 15.2 Å². The highest BCUT2D eigenvalue weighted by atomic mass is 16.5. The number of rotatable bonds is 7. The third kappa shape index (κ3) is 4.53. The van der Waals surface area contributed by atoms with Crippen LogP contribution in [0.2, 0.25) is 0 Å². The first-order chi connectivity index (χ1) is 8.67. The van der Waals surface area contributed by atoms with E-state index in [1.165, 1.54) is 0 Å². The van der Waals surface area contributed by atoms with E-state index < -0.39 is 0 Å². The Kier molecular flexibility index (Phi) is 5.84. The Morgan fingerprint density at radius 2 is 1.83 bits per heavy atom. The van der Waals surface area contributed by atoms with Gasteiger partial charge in [0, 0.05) is 0 Å². The SMILES string of the molecule is CCCOc1ccc(OCC(C)/C(N)=N/O)cc1. The molecule has 0 saturated heterocycles. The molecule has 1 unspecified atom stereocenters. The minimum atomic E-state index is -0.133. The van der Waals surface area contributed by atoms with Gasteiger partial charge < -0.3 is 20.4 Å². The van der Waals surface area contributed by atoms with Crippen molar-refractivity contribution in [3.8, 4) is 11.5 Å². The van der Waals surface area contributed by atoms with Gasteiger partial charge in [-0.05, 0) is 30.7 Å². The fraction of sp³-hybridized carbons (Fsp3) is 0.462. The summed E-state index contributed by atoms with van der Waals surface area (Å²) in [5.74, 6) is 1.59. The summed E-state index contributed by atoms with van der Waals surface area (Å²) in [6, 6.07) is 7.40. The highest BCUT2D eigenvalue weighted by Gasteiger charge is 2.08. The molecule has 0 aliphatic heterocycles. The molecule has 0 spiro atoms. The van der Waals surface area contributed by atoms with Gasteiger partial charge in [0.25, 0.3) is 0 Å². The Balaban J connectivity index is 2.44. The highest BCUT2D eigenvalue weighted by molar-refractivity contribution is 5.81. The van der Waals surface area contributed by atoms with Crippen molar-refractivity contribution in [2.45, 2.75) is 20.3 Å². The van der Waals surface area contributed by atoms with Gasteiger partial charge in [-0.3, -0.25) is 0 Å². The van der Waals surface area contributed by atoms with Crippen LogP contribution in [0.3, 0.4) is 0 Å². The minimum Gasteiger partial charge on any atom is -0.494 e. The van der Waals surface area contributed by atoms with Gasteiger partial charge in [0.15, 0.2) is 0 Å². The zero-order valence-electron chi connectivity index (χ0n) is 10.8. The average molecular weight is 252 g/mol. The van der Waals surface area contributed by atoms with Crippen molar-refractivity contribution in [3.63, 3.8) is 0 Å². The maximum Gasteiger partial charge on any atom is 0.145 e. The second-order valence-electron chi connectivity index (χ2n) is 4.06. The third-order valence-corrected chi connectivity index (χ3v) is 2.42. The number of nitrogens with zero attached hydrogens (tertiary/aromatic N) is 1. The van der Waals surface area contributed by atoms with Crippen LogP contribution in [-0.2, 0) is 0 Å². The fourth-order valence-electron chi connectivity index (χ4n) is 1.26. The number of hydrogen-bond acceptors (Lipinski definition) is 4. The lowest BCUT2D eigenvalue weighted by atomic mass is 10.2. The molecule has 0 aliphatic rings. The Bertz CT molecular complexity index is 376. The molecule has 1 rings (SSSR count). The first-order valence-electron chi connectivity index (χ1n) is 6.00. The van der Waals surface area contributed by atoms with E-state index in [-0.39, 0.29) is 11.8 Å². The van der Waals surface area contributed by atoms with Crippen molar-refractivity contribution in [3.05, 3.63) is 24.3 Å². The van der Waals surface area contributed by atoms with Crippen molar-refractivity contribution < 1.29 is 14.7 Å². The summed E-state index contributed by atoms with van der Waals surface area (Å²) in [6.45, 7) is 4.96. The molecule has 0 radical (unpaired) electrons. The maximum absolute atomic E-state index is 8.51. The van der Waals surface area contributed by atoms with E-state index >= 15 is 0 Å². The van der Waals surface area contributed by atoms with E-state index in [4.69, 9.17) is 20.4 Å². The summed E-state index contributed by atoms with van der Waals surface area (Å²) in [6.07, 6.45) is 0.982. The lowest BCUT2D eigenvalue weighted by molar-refractivity contribution is 0.278. The molecule has 18 heavy (non-hydrogen) atoms. The van der Waals surface area contributed by atoms with Gasteiger partial charge in [0.05, 0.1) is 19.1 Å². The van der Waals surface area contributed by atoms with Gasteiger partial charge in [-0.25, -0.2) is 0 Å². The quantitative estimate of drug-likeness (QED) is 0.337. The Morgan fingerprint density at radius 1 is 1.28 bits per heavy atom. The van der Waals surface area contributed by atoms with Gasteiger partial charge >= 0.3 is 0 Å². The molecule has 1 aromatic rings. The zero-order chi connectivity index (χ0) is 13.4. The second kappa shape index (κ2) is 7.42. The summed E-state index contributed by atoms with van der Waals surface area (Å²) in [4.78, 5) is 0. The molecule has 0 bridgehead atoms. The molecule has 1 atom stereocenters. The third-order valence-electron chi connectivity index (χ3n) is 2.42. The molecule has 0 fully saturated rings. The largest absolute Gasteiger partial charge is 0.494 e. The molecule has 3 N–H and O–H groups in total. The first-order valence-corrected chi connectivity index (χ1v) is 6.00. The predicted molar refractivity (Wildman–Crippen MR) is 70.3 cm³/mol. The number of hydrogen-bond donors (Lipinski definition) is 2. The van der Waals surface area contributed by atoms with Crippen LogP contribution in [0.4, 0.5) is 0 Å². The highest BCUT2D eigenvalue weighted by Crippen LogP contribution is 2.18. The molecule has 0 saturated carbocycles. The summed E-state index contributed by atoms with van der Waals surface area (Å²) < 4.78 is 11.0. The number of amidine groups is 1. The van der Waals surface area contributed by atoms with Gasteiger partial charge in [-0.2, -0.15) is 0 Å².